The summed E-state index contributed by atoms with van der Waals surface area (Å²) >= 11 is 0. The number of para-hydroxylation sites is 1. The van der Waals surface area contributed by atoms with Gasteiger partial charge in [-0.3, -0.25) is 9.78 Å². The van der Waals surface area contributed by atoms with Crippen LogP contribution in [-0.2, 0) is 11.2 Å². The van der Waals surface area contributed by atoms with Gasteiger partial charge in [-0.05, 0) is 24.1 Å². The molecule has 1 aromatic carbocycles. The number of ether oxygens (including phenoxy) is 1. The monoisotopic (exact) mass is 274 g/mol. The average molecular weight is 274 g/mol. The molecule has 0 aliphatic rings. The lowest BCUT2D eigenvalue weighted by Crippen LogP contribution is -2.13. The van der Waals surface area contributed by atoms with Crippen molar-refractivity contribution in [1.29, 1.82) is 0 Å². The summed E-state index contributed by atoms with van der Waals surface area (Å²) in [5.74, 6) is -0.0467. The maximum absolute atomic E-state index is 13.3. The maximum atomic E-state index is 13.3. The summed E-state index contributed by atoms with van der Waals surface area (Å²) in [7, 11) is 1.59. The van der Waals surface area contributed by atoms with Crippen molar-refractivity contribution in [2.45, 2.75) is 12.8 Å². The van der Waals surface area contributed by atoms with Crippen molar-refractivity contribution in [1.82, 2.24) is 4.98 Å². The number of hydrogen-bond donors (Lipinski definition) is 1. The first-order valence-electron chi connectivity index (χ1n) is 6.22. The first-order chi connectivity index (χ1) is 9.70. The summed E-state index contributed by atoms with van der Waals surface area (Å²) in [6.07, 6.45) is 3.28. The molecule has 0 radical (unpaired) electrons. The minimum atomic E-state index is -0.543. The number of methoxy groups -OCH3 is 1. The number of aromatic nitrogens is 1. The molecule has 0 bridgehead atoms. The van der Waals surface area contributed by atoms with E-state index in [2.05, 4.69) is 10.3 Å². The summed E-state index contributed by atoms with van der Waals surface area (Å²) in [6.45, 7) is 0. The van der Waals surface area contributed by atoms with Crippen molar-refractivity contribution in [2.24, 2.45) is 0 Å². The van der Waals surface area contributed by atoms with Crippen LogP contribution in [0.1, 0.15) is 12.0 Å². The molecule has 104 valence electrons. The van der Waals surface area contributed by atoms with Crippen LogP contribution in [0.5, 0.6) is 5.75 Å². The predicted octanol–water partition coefficient (Wildman–Crippen LogP) is 2.80. The molecule has 0 saturated carbocycles. The Bertz CT molecular complexity index is 602. The molecule has 0 unspecified atom stereocenters. The first-order valence-corrected chi connectivity index (χ1v) is 6.22. The van der Waals surface area contributed by atoms with E-state index < -0.39 is 5.82 Å². The Morgan fingerprint density at radius 3 is 2.90 bits per heavy atom. The van der Waals surface area contributed by atoms with Gasteiger partial charge in [0.1, 0.15) is 5.75 Å². The smallest absolute Gasteiger partial charge is 0.224 e. The van der Waals surface area contributed by atoms with Crippen LogP contribution >= 0.6 is 0 Å². The normalized spacial score (nSPS) is 10.1. The molecule has 2 rings (SSSR count). The van der Waals surface area contributed by atoms with Crippen molar-refractivity contribution in [2.75, 3.05) is 12.4 Å². The Labute approximate surface area is 116 Å². The minimum Gasteiger partial charge on any atom is -0.496 e. The SMILES string of the molecule is COc1ccccc1CCC(=O)Nc1ccncc1F. The lowest BCUT2D eigenvalue weighted by Gasteiger charge is -2.08. The number of carbonyl (C=O) groups excluding carboxylic acids is 1. The average Bonchev–Trinajstić information content (AvgIpc) is 2.48. The zero-order chi connectivity index (χ0) is 14.4. The second-order valence-electron chi connectivity index (χ2n) is 4.22. The fourth-order valence-corrected chi connectivity index (χ4v) is 1.85. The zero-order valence-corrected chi connectivity index (χ0v) is 11.1. The predicted molar refractivity (Wildman–Crippen MR) is 74.1 cm³/mol. The van der Waals surface area contributed by atoms with E-state index in [-0.39, 0.29) is 18.0 Å². The fraction of sp³-hybridized carbons (Fsp3) is 0.200. The Morgan fingerprint density at radius 2 is 2.15 bits per heavy atom. The molecule has 2 aromatic rings. The number of carbonyl (C=O) groups is 1. The molecule has 5 heteroatoms. The van der Waals surface area contributed by atoms with E-state index in [0.717, 1.165) is 17.5 Å². The van der Waals surface area contributed by atoms with Crippen LogP contribution in [0, 0.1) is 5.82 Å². The van der Waals surface area contributed by atoms with E-state index in [1.54, 1.807) is 7.11 Å². The molecule has 0 aliphatic heterocycles. The van der Waals surface area contributed by atoms with E-state index in [0.29, 0.717) is 6.42 Å². The Kier molecular flexibility index (Phi) is 4.65. The van der Waals surface area contributed by atoms with E-state index in [1.807, 2.05) is 24.3 Å². The number of benzene rings is 1. The molecule has 0 spiro atoms. The molecular formula is C15H15FN2O2. The second kappa shape index (κ2) is 6.65. The number of rotatable bonds is 5. The van der Waals surface area contributed by atoms with Gasteiger partial charge in [0.25, 0.3) is 0 Å². The van der Waals surface area contributed by atoms with Crippen molar-refractivity contribution in [3.63, 3.8) is 0 Å². The van der Waals surface area contributed by atoms with Gasteiger partial charge < -0.3 is 10.1 Å². The van der Waals surface area contributed by atoms with Gasteiger partial charge in [0.15, 0.2) is 5.82 Å². The highest BCUT2D eigenvalue weighted by molar-refractivity contribution is 5.90. The van der Waals surface area contributed by atoms with Gasteiger partial charge in [0, 0.05) is 12.6 Å². The van der Waals surface area contributed by atoms with Gasteiger partial charge in [-0.2, -0.15) is 0 Å². The van der Waals surface area contributed by atoms with Crippen molar-refractivity contribution in [3.05, 3.63) is 54.1 Å². The molecule has 1 amide bonds. The Hall–Kier alpha value is -2.43. The lowest BCUT2D eigenvalue weighted by atomic mass is 10.1. The molecule has 1 heterocycles. The summed E-state index contributed by atoms with van der Waals surface area (Å²) in [6, 6.07) is 8.93. The third kappa shape index (κ3) is 3.54. The van der Waals surface area contributed by atoms with Crippen molar-refractivity contribution >= 4 is 11.6 Å². The highest BCUT2D eigenvalue weighted by Crippen LogP contribution is 2.19. The van der Waals surface area contributed by atoms with E-state index >= 15 is 0 Å². The van der Waals surface area contributed by atoms with E-state index in [1.165, 1.54) is 12.3 Å². The molecular weight excluding hydrogens is 259 g/mol. The number of nitrogens with one attached hydrogen (secondary N) is 1. The molecule has 20 heavy (non-hydrogen) atoms. The van der Waals surface area contributed by atoms with Crippen LogP contribution in [0.4, 0.5) is 10.1 Å². The number of halogens is 1. The van der Waals surface area contributed by atoms with Crippen molar-refractivity contribution < 1.29 is 13.9 Å². The van der Waals surface area contributed by atoms with Crippen molar-refractivity contribution in [3.8, 4) is 5.75 Å². The fourth-order valence-electron chi connectivity index (χ4n) is 1.85. The van der Waals surface area contributed by atoms with E-state index in [9.17, 15) is 9.18 Å². The summed E-state index contributed by atoms with van der Waals surface area (Å²) in [4.78, 5) is 15.4. The highest BCUT2D eigenvalue weighted by Gasteiger charge is 2.08. The molecule has 0 fully saturated rings. The van der Waals surface area contributed by atoms with Crippen LogP contribution in [0.15, 0.2) is 42.7 Å². The highest BCUT2D eigenvalue weighted by atomic mass is 19.1. The summed E-state index contributed by atoms with van der Waals surface area (Å²) < 4.78 is 18.5. The van der Waals surface area contributed by atoms with Crippen LogP contribution in [0.3, 0.4) is 0 Å². The molecule has 0 aliphatic carbocycles. The third-order valence-corrected chi connectivity index (χ3v) is 2.86. The van der Waals surface area contributed by atoms with Gasteiger partial charge in [-0.25, -0.2) is 4.39 Å². The first kappa shape index (κ1) is 14.0. The molecule has 0 atom stereocenters. The molecule has 4 nitrogen and oxygen atoms in total. The number of amides is 1. The van der Waals surface area contributed by atoms with E-state index in [4.69, 9.17) is 4.74 Å². The van der Waals surface area contributed by atoms with Crippen LogP contribution in [-0.4, -0.2) is 18.0 Å². The van der Waals surface area contributed by atoms with Gasteiger partial charge in [-0.1, -0.05) is 18.2 Å². The lowest BCUT2D eigenvalue weighted by molar-refractivity contribution is -0.116. The molecule has 1 aromatic heterocycles. The van der Waals surface area contributed by atoms with Gasteiger partial charge in [0.2, 0.25) is 5.91 Å². The number of aryl methyl sites for hydroxylation is 1. The molecule has 0 saturated heterocycles. The second-order valence-corrected chi connectivity index (χ2v) is 4.22. The summed E-state index contributed by atoms with van der Waals surface area (Å²) in [5, 5.41) is 2.52. The maximum Gasteiger partial charge on any atom is 0.224 e. The summed E-state index contributed by atoms with van der Waals surface area (Å²) in [5.41, 5.74) is 1.09. The topological polar surface area (TPSA) is 51.2 Å². The minimum absolute atomic E-state index is 0.144. The van der Waals surface area contributed by atoms with Crippen LogP contribution < -0.4 is 10.1 Å². The Balaban J connectivity index is 1.94. The number of nitrogens with zero attached hydrogens (tertiary/aromatic N) is 1. The number of pyridine rings is 1. The largest absolute Gasteiger partial charge is 0.496 e. The standard InChI is InChI=1S/C15H15FN2O2/c1-20-14-5-3-2-4-11(14)6-7-15(19)18-13-8-9-17-10-12(13)16/h2-5,8-10H,6-7H2,1H3,(H,17,18,19). The van der Waals surface area contributed by atoms with Crippen LogP contribution in [0.25, 0.3) is 0 Å². The Morgan fingerprint density at radius 1 is 1.35 bits per heavy atom. The number of hydrogen-bond acceptors (Lipinski definition) is 3. The quantitative estimate of drug-likeness (QED) is 0.912. The number of anilines is 1. The third-order valence-electron chi connectivity index (χ3n) is 2.86. The zero-order valence-electron chi connectivity index (χ0n) is 11.1. The van der Waals surface area contributed by atoms with Gasteiger partial charge in [0.05, 0.1) is 19.0 Å². The van der Waals surface area contributed by atoms with Gasteiger partial charge in [-0.15, -0.1) is 0 Å². The molecule has 1 N–H and O–H groups in total. The van der Waals surface area contributed by atoms with Gasteiger partial charge >= 0.3 is 0 Å². The van der Waals surface area contributed by atoms with Crippen LogP contribution in [0.2, 0.25) is 0 Å².